The molecular formula is C14H17FN2O2. The number of carbonyl (C=O) groups is 1. The minimum Gasteiger partial charge on any atom is -0.465 e. The molecule has 1 aromatic carbocycles. The van der Waals surface area contributed by atoms with E-state index >= 15 is 0 Å². The molecule has 4 nitrogen and oxygen atoms in total. The summed E-state index contributed by atoms with van der Waals surface area (Å²) in [5.74, 6) is -0.916. The van der Waals surface area contributed by atoms with E-state index in [1.807, 2.05) is 17.6 Å². The lowest BCUT2D eigenvalue weighted by atomic mass is 10.1. The molecule has 1 aromatic heterocycles. The number of carbonyl (C=O) groups excluding carboxylic acids is 1. The number of ether oxygens (including phenoxy) is 1. The maximum absolute atomic E-state index is 14.0. The first-order valence-electron chi connectivity index (χ1n) is 6.29. The van der Waals surface area contributed by atoms with Gasteiger partial charge in [0.2, 0.25) is 0 Å². The molecule has 0 aliphatic carbocycles. The third-order valence-electron chi connectivity index (χ3n) is 3.10. The van der Waals surface area contributed by atoms with E-state index in [9.17, 15) is 9.18 Å². The minimum absolute atomic E-state index is 0.251. The van der Waals surface area contributed by atoms with E-state index in [4.69, 9.17) is 10.5 Å². The molecule has 0 amide bonds. The van der Waals surface area contributed by atoms with E-state index in [-0.39, 0.29) is 12.4 Å². The van der Waals surface area contributed by atoms with Gasteiger partial charge in [-0.2, -0.15) is 0 Å². The standard InChI is InChI=1S/C14H17FN2O2/c1-3-17-8-9(13(16)14(18)19-4-2)12-10(15)6-5-7-11(12)17/h5-8,13H,3-4,16H2,1-2H3. The molecule has 0 fully saturated rings. The van der Waals surface area contributed by atoms with Crippen LogP contribution < -0.4 is 5.73 Å². The quantitative estimate of drug-likeness (QED) is 0.862. The topological polar surface area (TPSA) is 57.2 Å². The van der Waals surface area contributed by atoms with Crippen molar-refractivity contribution < 1.29 is 13.9 Å². The first kappa shape index (κ1) is 13.5. The van der Waals surface area contributed by atoms with Crippen LogP contribution in [0, 0.1) is 5.82 Å². The Morgan fingerprint density at radius 3 is 2.84 bits per heavy atom. The summed E-state index contributed by atoms with van der Waals surface area (Å²) in [6.45, 7) is 4.58. The van der Waals surface area contributed by atoms with Gasteiger partial charge in [0.15, 0.2) is 0 Å². The number of rotatable bonds is 4. The molecule has 0 radical (unpaired) electrons. The fourth-order valence-corrected chi connectivity index (χ4v) is 2.20. The predicted molar refractivity (Wildman–Crippen MR) is 71.1 cm³/mol. The number of nitrogens with two attached hydrogens (primary N) is 1. The molecule has 1 unspecified atom stereocenters. The van der Waals surface area contributed by atoms with E-state index in [0.717, 1.165) is 5.52 Å². The van der Waals surface area contributed by atoms with Crippen LogP contribution in [0.3, 0.4) is 0 Å². The Hall–Kier alpha value is -1.88. The summed E-state index contributed by atoms with van der Waals surface area (Å²) in [6, 6.07) is 3.85. The first-order valence-corrected chi connectivity index (χ1v) is 6.29. The summed E-state index contributed by atoms with van der Waals surface area (Å²) >= 11 is 0. The van der Waals surface area contributed by atoms with Gasteiger partial charge >= 0.3 is 5.97 Å². The number of halogens is 1. The van der Waals surface area contributed by atoms with Gasteiger partial charge in [-0.25, -0.2) is 9.18 Å². The molecule has 0 saturated heterocycles. The van der Waals surface area contributed by atoms with Gasteiger partial charge in [0, 0.05) is 23.7 Å². The Kier molecular flexibility index (Phi) is 3.85. The van der Waals surface area contributed by atoms with Crippen molar-refractivity contribution in [3.8, 4) is 0 Å². The van der Waals surface area contributed by atoms with Gasteiger partial charge in [0.25, 0.3) is 0 Å². The van der Waals surface area contributed by atoms with Crippen molar-refractivity contribution in [3.05, 3.63) is 35.8 Å². The molecule has 0 aliphatic heterocycles. The monoisotopic (exact) mass is 264 g/mol. The first-order chi connectivity index (χ1) is 9.10. The number of benzene rings is 1. The van der Waals surface area contributed by atoms with Gasteiger partial charge in [0.05, 0.1) is 12.1 Å². The molecule has 0 bridgehead atoms. The zero-order valence-electron chi connectivity index (χ0n) is 11.0. The van der Waals surface area contributed by atoms with Crippen LogP contribution in [0.25, 0.3) is 10.9 Å². The SMILES string of the molecule is CCOC(=O)C(N)c1cn(CC)c2cccc(F)c12. The maximum Gasteiger partial charge on any atom is 0.327 e. The van der Waals surface area contributed by atoms with E-state index in [2.05, 4.69) is 0 Å². The summed E-state index contributed by atoms with van der Waals surface area (Å²) in [7, 11) is 0. The smallest absolute Gasteiger partial charge is 0.327 e. The number of nitrogens with zero attached hydrogens (tertiary/aromatic N) is 1. The molecule has 19 heavy (non-hydrogen) atoms. The summed E-state index contributed by atoms with van der Waals surface area (Å²) in [5.41, 5.74) is 7.07. The fourth-order valence-electron chi connectivity index (χ4n) is 2.20. The lowest BCUT2D eigenvalue weighted by Gasteiger charge is -2.09. The number of hydrogen-bond acceptors (Lipinski definition) is 3. The molecule has 5 heteroatoms. The summed E-state index contributed by atoms with van der Waals surface area (Å²) < 4.78 is 20.7. The maximum atomic E-state index is 14.0. The zero-order valence-corrected chi connectivity index (χ0v) is 11.0. The Bertz CT molecular complexity index is 607. The third-order valence-corrected chi connectivity index (χ3v) is 3.10. The highest BCUT2D eigenvalue weighted by Gasteiger charge is 2.23. The van der Waals surface area contributed by atoms with Gasteiger partial charge in [0.1, 0.15) is 11.9 Å². The molecule has 2 aromatic rings. The number of aromatic nitrogens is 1. The summed E-state index contributed by atoms with van der Waals surface area (Å²) in [4.78, 5) is 11.7. The molecule has 1 heterocycles. The zero-order chi connectivity index (χ0) is 14.0. The molecule has 0 saturated carbocycles. The average Bonchev–Trinajstić information content (AvgIpc) is 2.78. The van der Waals surface area contributed by atoms with Crippen LogP contribution in [-0.4, -0.2) is 17.1 Å². The highest BCUT2D eigenvalue weighted by Crippen LogP contribution is 2.28. The Morgan fingerprint density at radius 2 is 2.21 bits per heavy atom. The van der Waals surface area contributed by atoms with Crippen LogP contribution in [-0.2, 0) is 16.1 Å². The van der Waals surface area contributed by atoms with Crippen molar-refractivity contribution in [1.82, 2.24) is 4.57 Å². The molecule has 0 aliphatic rings. The largest absolute Gasteiger partial charge is 0.465 e. The second kappa shape index (κ2) is 5.40. The van der Waals surface area contributed by atoms with Gasteiger partial charge in [-0.05, 0) is 26.0 Å². The van der Waals surface area contributed by atoms with Gasteiger partial charge < -0.3 is 15.0 Å². The molecule has 102 valence electrons. The fraction of sp³-hybridized carbons (Fsp3) is 0.357. The van der Waals surface area contributed by atoms with E-state index in [1.165, 1.54) is 6.07 Å². The average molecular weight is 264 g/mol. The molecule has 0 spiro atoms. The van der Waals surface area contributed by atoms with Crippen molar-refractivity contribution in [1.29, 1.82) is 0 Å². The van der Waals surface area contributed by atoms with Crippen LogP contribution in [0.5, 0.6) is 0 Å². The normalized spacial score (nSPS) is 12.6. The Morgan fingerprint density at radius 1 is 1.47 bits per heavy atom. The van der Waals surface area contributed by atoms with Crippen molar-refractivity contribution in [2.45, 2.75) is 26.4 Å². The number of esters is 1. The van der Waals surface area contributed by atoms with E-state index < -0.39 is 12.0 Å². The molecular weight excluding hydrogens is 247 g/mol. The van der Waals surface area contributed by atoms with Crippen LogP contribution in [0.2, 0.25) is 0 Å². The van der Waals surface area contributed by atoms with Crippen molar-refractivity contribution in [2.24, 2.45) is 5.73 Å². The van der Waals surface area contributed by atoms with Gasteiger partial charge in [-0.3, -0.25) is 0 Å². The van der Waals surface area contributed by atoms with E-state index in [1.54, 1.807) is 19.2 Å². The molecule has 2 N–H and O–H groups in total. The second-order valence-corrected chi connectivity index (χ2v) is 4.23. The van der Waals surface area contributed by atoms with Crippen LogP contribution in [0.1, 0.15) is 25.5 Å². The Balaban J connectivity index is 2.57. The Labute approximate surface area is 111 Å². The van der Waals surface area contributed by atoms with Crippen LogP contribution in [0.15, 0.2) is 24.4 Å². The van der Waals surface area contributed by atoms with Gasteiger partial charge in [-0.15, -0.1) is 0 Å². The predicted octanol–water partition coefficient (Wildman–Crippen LogP) is 2.36. The van der Waals surface area contributed by atoms with Gasteiger partial charge in [-0.1, -0.05) is 6.07 Å². The lowest BCUT2D eigenvalue weighted by molar-refractivity contribution is -0.144. The van der Waals surface area contributed by atoms with Crippen molar-refractivity contribution in [3.63, 3.8) is 0 Å². The number of fused-ring (bicyclic) bond motifs is 1. The van der Waals surface area contributed by atoms with Crippen molar-refractivity contribution in [2.75, 3.05) is 6.61 Å². The number of aryl methyl sites for hydroxylation is 1. The summed E-state index contributed by atoms with van der Waals surface area (Å²) in [6.07, 6.45) is 1.72. The second-order valence-electron chi connectivity index (χ2n) is 4.23. The molecule has 1 atom stereocenters. The highest BCUT2D eigenvalue weighted by molar-refractivity contribution is 5.90. The lowest BCUT2D eigenvalue weighted by Crippen LogP contribution is -2.23. The third kappa shape index (κ3) is 2.33. The van der Waals surface area contributed by atoms with Crippen molar-refractivity contribution >= 4 is 16.9 Å². The summed E-state index contributed by atoms with van der Waals surface area (Å²) in [5, 5.41) is 0.393. The van der Waals surface area contributed by atoms with Crippen LogP contribution in [0.4, 0.5) is 4.39 Å². The molecule has 2 rings (SSSR count). The van der Waals surface area contributed by atoms with E-state index in [0.29, 0.717) is 17.5 Å². The van der Waals surface area contributed by atoms with Crippen LogP contribution >= 0.6 is 0 Å². The minimum atomic E-state index is -0.966. The highest BCUT2D eigenvalue weighted by atomic mass is 19.1. The number of hydrogen-bond donors (Lipinski definition) is 1.